The van der Waals surface area contributed by atoms with Crippen molar-refractivity contribution in [3.05, 3.63) is 63.1 Å². The van der Waals surface area contributed by atoms with E-state index in [0.29, 0.717) is 23.7 Å². The van der Waals surface area contributed by atoms with E-state index in [0.717, 1.165) is 15.6 Å². The van der Waals surface area contributed by atoms with E-state index in [4.69, 9.17) is 16.3 Å². The highest BCUT2D eigenvalue weighted by molar-refractivity contribution is 9.10. The summed E-state index contributed by atoms with van der Waals surface area (Å²) in [6.45, 7) is 7.81. The van der Waals surface area contributed by atoms with Gasteiger partial charge in [-0.3, -0.25) is 9.59 Å². The van der Waals surface area contributed by atoms with E-state index in [2.05, 4.69) is 21.2 Å². The molecule has 0 radical (unpaired) electrons. The van der Waals surface area contributed by atoms with Crippen LogP contribution in [0.2, 0.25) is 5.02 Å². The summed E-state index contributed by atoms with van der Waals surface area (Å²) in [5.74, 6) is -0.0295. The van der Waals surface area contributed by atoms with Gasteiger partial charge in [0.25, 0.3) is 5.91 Å². The number of aryl methyl sites for hydroxylation is 1. The van der Waals surface area contributed by atoms with Gasteiger partial charge in [-0.25, -0.2) is 0 Å². The third-order valence-corrected chi connectivity index (χ3v) is 5.32. The van der Waals surface area contributed by atoms with Crippen molar-refractivity contribution in [3.63, 3.8) is 0 Å². The second-order valence-electron chi connectivity index (χ2n) is 7.46. The summed E-state index contributed by atoms with van der Waals surface area (Å²) in [5.41, 5.74) is 2.08. The lowest BCUT2D eigenvalue weighted by Crippen LogP contribution is -2.51. The molecule has 1 N–H and O–H groups in total. The fourth-order valence-electron chi connectivity index (χ4n) is 3.01. The van der Waals surface area contributed by atoms with Crippen molar-refractivity contribution >= 4 is 39.3 Å². The van der Waals surface area contributed by atoms with Gasteiger partial charge in [-0.05, 0) is 51.0 Å². The van der Waals surface area contributed by atoms with E-state index in [1.807, 2.05) is 52.0 Å². The SMILES string of the molecule is CC[C@@H](C(=O)NC(C)C)N(Cc1ccc(C)cc1)C(=O)COc1ccc(Br)cc1Cl. The van der Waals surface area contributed by atoms with Gasteiger partial charge >= 0.3 is 0 Å². The highest BCUT2D eigenvalue weighted by Crippen LogP contribution is 2.28. The molecule has 5 nitrogen and oxygen atoms in total. The predicted molar refractivity (Wildman–Crippen MR) is 124 cm³/mol. The van der Waals surface area contributed by atoms with Gasteiger partial charge in [0.15, 0.2) is 6.61 Å². The number of halogens is 2. The molecule has 1 atom stereocenters. The number of benzene rings is 2. The average Bonchev–Trinajstić information content (AvgIpc) is 2.68. The number of rotatable bonds is 9. The molecule has 7 heteroatoms. The van der Waals surface area contributed by atoms with E-state index < -0.39 is 6.04 Å². The average molecular weight is 496 g/mol. The smallest absolute Gasteiger partial charge is 0.261 e. The molecule has 2 aromatic carbocycles. The zero-order valence-electron chi connectivity index (χ0n) is 17.7. The normalized spacial score (nSPS) is 11.8. The molecular formula is C23H28BrClN2O3. The molecule has 162 valence electrons. The molecule has 30 heavy (non-hydrogen) atoms. The van der Waals surface area contributed by atoms with Crippen LogP contribution in [0.15, 0.2) is 46.9 Å². The minimum Gasteiger partial charge on any atom is -0.482 e. The van der Waals surface area contributed by atoms with Crippen molar-refractivity contribution in [1.82, 2.24) is 10.2 Å². The Hall–Kier alpha value is -2.05. The highest BCUT2D eigenvalue weighted by atomic mass is 79.9. The van der Waals surface area contributed by atoms with Crippen LogP contribution in [0.25, 0.3) is 0 Å². The standard InChI is InChI=1S/C23H28BrClN2O3/c1-5-20(23(29)26-15(2)3)27(13-17-8-6-16(4)7-9-17)22(28)14-30-21-11-10-18(24)12-19(21)25/h6-12,15,20H,5,13-14H2,1-4H3,(H,26,29)/t20-/m0/s1. The lowest BCUT2D eigenvalue weighted by Gasteiger charge is -2.31. The summed E-state index contributed by atoms with van der Waals surface area (Å²) < 4.78 is 6.49. The Bertz CT molecular complexity index is 871. The van der Waals surface area contributed by atoms with Gasteiger partial charge in [0.1, 0.15) is 11.8 Å². The monoisotopic (exact) mass is 494 g/mol. The molecule has 0 aromatic heterocycles. The summed E-state index contributed by atoms with van der Waals surface area (Å²) in [4.78, 5) is 27.5. The Balaban J connectivity index is 2.22. The first-order valence-electron chi connectivity index (χ1n) is 9.94. The summed E-state index contributed by atoms with van der Waals surface area (Å²) >= 11 is 9.54. The third kappa shape index (κ3) is 7.03. The summed E-state index contributed by atoms with van der Waals surface area (Å²) in [7, 11) is 0. The van der Waals surface area contributed by atoms with Crippen molar-refractivity contribution in [2.45, 2.75) is 52.7 Å². The largest absolute Gasteiger partial charge is 0.482 e. The molecule has 0 aliphatic carbocycles. The predicted octanol–water partition coefficient (Wildman–Crippen LogP) is 5.12. The summed E-state index contributed by atoms with van der Waals surface area (Å²) in [5, 5.41) is 3.32. The fourth-order valence-corrected chi connectivity index (χ4v) is 3.73. The fraction of sp³-hybridized carbons (Fsp3) is 0.391. The molecule has 0 fully saturated rings. The second-order valence-corrected chi connectivity index (χ2v) is 8.78. The van der Waals surface area contributed by atoms with E-state index >= 15 is 0 Å². The lowest BCUT2D eigenvalue weighted by molar-refractivity contribution is -0.143. The molecular weight excluding hydrogens is 468 g/mol. The van der Waals surface area contributed by atoms with Gasteiger partial charge < -0.3 is 15.0 Å². The number of carbonyl (C=O) groups is 2. The number of ether oxygens (including phenoxy) is 1. The first-order chi connectivity index (χ1) is 14.2. The minimum atomic E-state index is -0.592. The number of carbonyl (C=O) groups excluding carboxylic acids is 2. The maximum absolute atomic E-state index is 13.1. The van der Waals surface area contributed by atoms with E-state index in [9.17, 15) is 9.59 Å². The molecule has 0 saturated heterocycles. The van der Waals surface area contributed by atoms with Gasteiger partial charge in [-0.15, -0.1) is 0 Å². The molecule has 0 saturated carbocycles. The van der Waals surface area contributed by atoms with Crippen LogP contribution in [0.4, 0.5) is 0 Å². The topological polar surface area (TPSA) is 58.6 Å². The molecule has 2 aromatic rings. The van der Waals surface area contributed by atoms with Crippen LogP contribution < -0.4 is 10.1 Å². The van der Waals surface area contributed by atoms with Gasteiger partial charge in [0.05, 0.1) is 5.02 Å². The number of nitrogens with one attached hydrogen (secondary N) is 1. The molecule has 0 aliphatic heterocycles. The van der Waals surface area contributed by atoms with Crippen molar-refractivity contribution < 1.29 is 14.3 Å². The quantitative estimate of drug-likeness (QED) is 0.525. The molecule has 0 bridgehead atoms. The third-order valence-electron chi connectivity index (χ3n) is 4.54. The molecule has 0 aliphatic rings. The summed E-state index contributed by atoms with van der Waals surface area (Å²) in [6.07, 6.45) is 0.495. The van der Waals surface area contributed by atoms with Crippen molar-refractivity contribution in [3.8, 4) is 5.75 Å². The maximum atomic E-state index is 13.1. The van der Waals surface area contributed by atoms with Crippen LogP contribution in [-0.2, 0) is 16.1 Å². The van der Waals surface area contributed by atoms with Gasteiger partial charge in [-0.2, -0.15) is 0 Å². The maximum Gasteiger partial charge on any atom is 0.261 e. The van der Waals surface area contributed by atoms with Crippen molar-refractivity contribution in [2.75, 3.05) is 6.61 Å². The van der Waals surface area contributed by atoms with Gasteiger partial charge in [0.2, 0.25) is 5.91 Å². The van der Waals surface area contributed by atoms with E-state index in [1.54, 1.807) is 23.1 Å². The van der Waals surface area contributed by atoms with Gasteiger partial charge in [-0.1, -0.05) is 64.3 Å². The first-order valence-corrected chi connectivity index (χ1v) is 11.1. The molecule has 0 unspecified atom stereocenters. The molecule has 0 spiro atoms. The van der Waals surface area contributed by atoms with E-state index in [-0.39, 0.29) is 24.5 Å². The number of hydrogen-bond acceptors (Lipinski definition) is 3. The number of amides is 2. The Morgan fingerprint density at radius 1 is 1.17 bits per heavy atom. The minimum absolute atomic E-state index is 0.0132. The van der Waals surface area contributed by atoms with Crippen LogP contribution in [0.5, 0.6) is 5.75 Å². The zero-order chi connectivity index (χ0) is 22.3. The Kier molecular flexibility index (Phi) is 9.18. The van der Waals surface area contributed by atoms with Crippen LogP contribution in [-0.4, -0.2) is 35.4 Å². The van der Waals surface area contributed by atoms with Crippen LogP contribution in [0, 0.1) is 6.92 Å². The van der Waals surface area contributed by atoms with E-state index in [1.165, 1.54) is 0 Å². The van der Waals surface area contributed by atoms with Crippen molar-refractivity contribution in [2.24, 2.45) is 0 Å². The number of hydrogen-bond donors (Lipinski definition) is 1. The summed E-state index contributed by atoms with van der Waals surface area (Å²) in [6, 6.07) is 12.5. The van der Waals surface area contributed by atoms with Crippen LogP contribution in [0.3, 0.4) is 0 Å². The highest BCUT2D eigenvalue weighted by Gasteiger charge is 2.29. The molecule has 2 amide bonds. The second kappa shape index (κ2) is 11.4. The Labute approximate surface area is 191 Å². The zero-order valence-corrected chi connectivity index (χ0v) is 20.1. The Morgan fingerprint density at radius 3 is 2.40 bits per heavy atom. The first kappa shape index (κ1) is 24.2. The Morgan fingerprint density at radius 2 is 1.83 bits per heavy atom. The lowest BCUT2D eigenvalue weighted by atomic mass is 10.1. The molecule has 0 heterocycles. The number of nitrogens with zero attached hydrogens (tertiary/aromatic N) is 1. The van der Waals surface area contributed by atoms with Crippen molar-refractivity contribution in [1.29, 1.82) is 0 Å². The van der Waals surface area contributed by atoms with Crippen LogP contribution >= 0.6 is 27.5 Å². The molecule has 2 rings (SSSR count). The van der Waals surface area contributed by atoms with Gasteiger partial charge in [0, 0.05) is 17.1 Å². The van der Waals surface area contributed by atoms with Crippen LogP contribution in [0.1, 0.15) is 38.3 Å².